The molecule has 5 rings (SSSR count). The summed E-state index contributed by atoms with van der Waals surface area (Å²) >= 11 is 0. The molecule has 38 heavy (non-hydrogen) atoms. The maximum absolute atomic E-state index is 12.8. The summed E-state index contributed by atoms with van der Waals surface area (Å²) in [7, 11) is 0. The highest BCUT2D eigenvalue weighted by Crippen LogP contribution is 2.29. The number of benzene rings is 3. The fourth-order valence-corrected chi connectivity index (χ4v) is 4.05. The van der Waals surface area contributed by atoms with Gasteiger partial charge < -0.3 is 15.4 Å². The van der Waals surface area contributed by atoms with Gasteiger partial charge in [-0.3, -0.25) is 4.79 Å². The molecule has 192 valence electrons. The number of carbonyl (C=O) groups is 1. The topological polar surface area (TPSA) is 80.5 Å². The van der Waals surface area contributed by atoms with E-state index in [4.69, 9.17) is 0 Å². The van der Waals surface area contributed by atoms with Gasteiger partial charge in [-0.05, 0) is 85.6 Å². The number of aryl methyl sites for hydroxylation is 2. The molecule has 0 aliphatic heterocycles. The van der Waals surface area contributed by atoms with E-state index in [1.54, 1.807) is 41.0 Å². The molecule has 0 unspecified atom stereocenters. The summed E-state index contributed by atoms with van der Waals surface area (Å²) in [5, 5.41) is 10.5. The summed E-state index contributed by atoms with van der Waals surface area (Å²) in [4.78, 5) is 17.4. The van der Waals surface area contributed by atoms with Crippen molar-refractivity contribution in [3.63, 3.8) is 0 Å². The second-order valence-electron chi connectivity index (χ2n) is 8.62. The van der Waals surface area contributed by atoms with Crippen LogP contribution in [0.1, 0.15) is 21.5 Å². The average Bonchev–Trinajstić information content (AvgIpc) is 3.34. The number of anilines is 3. The van der Waals surface area contributed by atoms with Crippen LogP contribution >= 0.6 is 0 Å². The number of alkyl halides is 3. The van der Waals surface area contributed by atoms with Gasteiger partial charge in [-0.2, -0.15) is 0 Å². The van der Waals surface area contributed by atoms with E-state index in [9.17, 15) is 18.0 Å². The van der Waals surface area contributed by atoms with E-state index in [0.717, 1.165) is 16.8 Å². The minimum Gasteiger partial charge on any atom is -0.406 e. The van der Waals surface area contributed by atoms with Gasteiger partial charge in [0.05, 0.1) is 5.52 Å². The van der Waals surface area contributed by atoms with Gasteiger partial charge in [0.15, 0.2) is 0 Å². The molecular formula is C28H22F3N5O2. The number of hydrogen-bond acceptors (Lipinski definition) is 5. The van der Waals surface area contributed by atoms with E-state index in [0.29, 0.717) is 28.0 Å². The van der Waals surface area contributed by atoms with Gasteiger partial charge in [-0.25, -0.2) is 9.50 Å². The first kappa shape index (κ1) is 24.8. The molecule has 2 N–H and O–H groups in total. The molecule has 5 aromatic rings. The summed E-state index contributed by atoms with van der Waals surface area (Å²) in [5.74, 6) is -0.270. The zero-order valence-corrected chi connectivity index (χ0v) is 20.4. The number of nitrogens with one attached hydrogen (secondary N) is 2. The first-order valence-corrected chi connectivity index (χ1v) is 11.6. The van der Waals surface area contributed by atoms with Crippen molar-refractivity contribution in [3.05, 3.63) is 102 Å². The second-order valence-corrected chi connectivity index (χ2v) is 8.62. The van der Waals surface area contributed by atoms with Crippen LogP contribution in [0.2, 0.25) is 0 Å². The van der Waals surface area contributed by atoms with Crippen molar-refractivity contribution in [2.75, 3.05) is 10.6 Å². The molecule has 0 fully saturated rings. The van der Waals surface area contributed by atoms with Crippen LogP contribution in [0.15, 0.2) is 85.1 Å². The molecule has 0 saturated carbocycles. The summed E-state index contributed by atoms with van der Waals surface area (Å²) in [6.45, 7) is 3.88. The third kappa shape index (κ3) is 5.44. The highest BCUT2D eigenvalue weighted by Gasteiger charge is 2.31. The van der Waals surface area contributed by atoms with Gasteiger partial charge in [0.1, 0.15) is 11.4 Å². The molecule has 3 aromatic carbocycles. The Bertz CT molecular complexity index is 1590. The van der Waals surface area contributed by atoms with Gasteiger partial charge in [0, 0.05) is 28.7 Å². The van der Waals surface area contributed by atoms with Crippen LogP contribution in [-0.2, 0) is 0 Å². The largest absolute Gasteiger partial charge is 0.573 e. The summed E-state index contributed by atoms with van der Waals surface area (Å²) in [6, 6.07) is 21.8. The van der Waals surface area contributed by atoms with Crippen LogP contribution in [0.25, 0.3) is 16.8 Å². The average molecular weight is 518 g/mol. The number of fused-ring (bicyclic) bond motifs is 1. The molecular weight excluding hydrogens is 495 g/mol. The van der Waals surface area contributed by atoms with Crippen LogP contribution in [0.5, 0.6) is 5.75 Å². The predicted molar refractivity (Wildman–Crippen MR) is 139 cm³/mol. The number of nitrogens with zero attached hydrogens (tertiary/aromatic N) is 3. The lowest BCUT2D eigenvalue weighted by molar-refractivity contribution is -0.274. The molecule has 0 bridgehead atoms. The maximum atomic E-state index is 12.8. The smallest absolute Gasteiger partial charge is 0.406 e. The van der Waals surface area contributed by atoms with E-state index in [1.165, 1.54) is 24.3 Å². The molecule has 10 heteroatoms. The van der Waals surface area contributed by atoms with E-state index >= 15 is 0 Å². The standard InChI is InChI=1S/C28H22F3N5O2/c1-17-5-3-6-18(2)24(17)33-26(37)20-8-12-21(13-9-20)32-27-34-25(23-7-4-16-36(23)35-27)19-10-14-22(15-11-19)38-28(29,30)31/h3-16H,1-2H3,(H,32,35)(H,33,37). The Morgan fingerprint density at radius 1 is 0.895 bits per heavy atom. The predicted octanol–water partition coefficient (Wildman–Crippen LogP) is 6.91. The summed E-state index contributed by atoms with van der Waals surface area (Å²) < 4.78 is 43.1. The van der Waals surface area contributed by atoms with Crippen molar-refractivity contribution in [1.82, 2.24) is 14.6 Å². The van der Waals surface area contributed by atoms with Crippen LogP contribution in [0.4, 0.5) is 30.5 Å². The fraction of sp³-hybridized carbons (Fsp3) is 0.107. The number of hydrogen-bond donors (Lipinski definition) is 2. The Morgan fingerprint density at radius 3 is 2.24 bits per heavy atom. The van der Waals surface area contributed by atoms with Crippen molar-refractivity contribution >= 4 is 28.7 Å². The molecule has 0 spiro atoms. The van der Waals surface area contributed by atoms with Crippen LogP contribution < -0.4 is 15.4 Å². The molecule has 0 radical (unpaired) electrons. The molecule has 0 aliphatic carbocycles. The minimum absolute atomic E-state index is 0.223. The maximum Gasteiger partial charge on any atom is 0.573 e. The Balaban J connectivity index is 1.36. The van der Waals surface area contributed by atoms with E-state index in [2.05, 4.69) is 25.5 Å². The third-order valence-electron chi connectivity index (χ3n) is 5.88. The molecule has 7 nitrogen and oxygen atoms in total. The van der Waals surface area contributed by atoms with Crippen molar-refractivity contribution < 1.29 is 22.7 Å². The van der Waals surface area contributed by atoms with Gasteiger partial charge in [0.25, 0.3) is 5.91 Å². The van der Waals surface area contributed by atoms with Crippen molar-refractivity contribution in [3.8, 4) is 17.0 Å². The first-order chi connectivity index (χ1) is 18.2. The Labute approximate surface area is 215 Å². The quantitative estimate of drug-likeness (QED) is 0.256. The van der Waals surface area contributed by atoms with Crippen LogP contribution in [-0.4, -0.2) is 26.9 Å². The number of amides is 1. The lowest BCUT2D eigenvalue weighted by Gasteiger charge is -2.12. The molecule has 0 saturated heterocycles. The Kier molecular flexibility index (Phi) is 6.46. The highest BCUT2D eigenvalue weighted by atomic mass is 19.4. The van der Waals surface area contributed by atoms with E-state index in [-0.39, 0.29) is 17.6 Å². The summed E-state index contributed by atoms with van der Waals surface area (Å²) in [6.07, 6.45) is -3.02. The third-order valence-corrected chi connectivity index (χ3v) is 5.88. The number of para-hydroxylation sites is 1. The monoisotopic (exact) mass is 517 g/mol. The van der Waals surface area contributed by atoms with Gasteiger partial charge in [-0.15, -0.1) is 18.3 Å². The molecule has 0 atom stereocenters. The first-order valence-electron chi connectivity index (χ1n) is 11.6. The normalized spacial score (nSPS) is 11.4. The van der Waals surface area contributed by atoms with E-state index in [1.807, 2.05) is 38.1 Å². The van der Waals surface area contributed by atoms with Gasteiger partial charge in [-0.1, -0.05) is 18.2 Å². The Hall–Kier alpha value is -4.86. The molecule has 0 aliphatic rings. The van der Waals surface area contributed by atoms with Crippen LogP contribution in [0.3, 0.4) is 0 Å². The van der Waals surface area contributed by atoms with Crippen molar-refractivity contribution in [2.24, 2.45) is 0 Å². The van der Waals surface area contributed by atoms with Crippen LogP contribution in [0, 0.1) is 13.8 Å². The van der Waals surface area contributed by atoms with Crippen molar-refractivity contribution in [1.29, 1.82) is 0 Å². The van der Waals surface area contributed by atoms with E-state index < -0.39 is 6.36 Å². The number of carbonyl (C=O) groups excluding carboxylic acids is 1. The Morgan fingerprint density at radius 2 is 1.58 bits per heavy atom. The minimum atomic E-state index is -4.77. The molecule has 1 amide bonds. The molecule has 2 aromatic heterocycles. The van der Waals surface area contributed by atoms with Gasteiger partial charge in [0.2, 0.25) is 5.95 Å². The SMILES string of the molecule is Cc1cccc(C)c1NC(=O)c1ccc(Nc2nc(-c3ccc(OC(F)(F)F)cc3)c3cccn3n2)cc1. The summed E-state index contributed by atoms with van der Waals surface area (Å²) in [5.41, 5.74) is 5.68. The zero-order valence-electron chi connectivity index (χ0n) is 20.4. The number of halogens is 3. The van der Waals surface area contributed by atoms with Crippen molar-refractivity contribution in [2.45, 2.75) is 20.2 Å². The second kappa shape index (κ2) is 9.89. The van der Waals surface area contributed by atoms with Gasteiger partial charge >= 0.3 is 6.36 Å². The fourth-order valence-electron chi connectivity index (χ4n) is 4.05. The molecule has 2 heterocycles. The lowest BCUT2D eigenvalue weighted by Crippen LogP contribution is -2.16. The number of ether oxygens (including phenoxy) is 1. The number of rotatable bonds is 6. The number of aromatic nitrogens is 3. The zero-order chi connectivity index (χ0) is 26.9. The highest BCUT2D eigenvalue weighted by molar-refractivity contribution is 6.05. The lowest BCUT2D eigenvalue weighted by atomic mass is 10.1.